The van der Waals surface area contributed by atoms with Gasteiger partial charge in [0.1, 0.15) is 13.2 Å². The van der Waals surface area contributed by atoms with Gasteiger partial charge in [0.05, 0.1) is 30.6 Å². The molecular formula is C27H24N2O8S. The van der Waals surface area contributed by atoms with E-state index >= 15 is 0 Å². The summed E-state index contributed by atoms with van der Waals surface area (Å²) < 4.78 is 22.2. The first-order valence-corrected chi connectivity index (χ1v) is 12.3. The molecule has 1 fully saturated rings. The number of hydrogen-bond acceptors (Lipinski definition) is 9. The molecule has 0 aromatic heterocycles. The Hall–Kier alpha value is -4.51. The van der Waals surface area contributed by atoms with Crippen molar-refractivity contribution in [3.8, 4) is 23.0 Å². The van der Waals surface area contributed by atoms with Crippen LogP contribution < -0.4 is 18.9 Å². The predicted octanol–water partition coefficient (Wildman–Crippen LogP) is 5.31. The van der Waals surface area contributed by atoms with Crippen LogP contribution in [0.15, 0.2) is 71.6 Å². The van der Waals surface area contributed by atoms with Gasteiger partial charge in [0.2, 0.25) is 0 Å². The van der Waals surface area contributed by atoms with E-state index in [0.29, 0.717) is 28.6 Å². The lowest BCUT2D eigenvalue weighted by Gasteiger charge is -2.14. The number of nitro groups is 1. The van der Waals surface area contributed by atoms with Gasteiger partial charge in [-0.05, 0) is 65.4 Å². The highest BCUT2D eigenvalue weighted by atomic mass is 32.2. The molecule has 1 aliphatic rings. The number of non-ortho nitro benzene ring substituents is 1. The van der Waals surface area contributed by atoms with Crippen LogP contribution in [0.2, 0.25) is 0 Å². The van der Waals surface area contributed by atoms with Gasteiger partial charge in [-0.15, -0.1) is 0 Å². The minimum Gasteiger partial charge on any atom is -0.493 e. The highest BCUT2D eigenvalue weighted by Crippen LogP contribution is 2.35. The Kier molecular flexibility index (Phi) is 8.49. The van der Waals surface area contributed by atoms with Crippen molar-refractivity contribution in [1.82, 2.24) is 4.90 Å². The number of nitro benzene ring substituents is 1. The van der Waals surface area contributed by atoms with E-state index in [1.54, 1.807) is 54.6 Å². The van der Waals surface area contributed by atoms with Crippen molar-refractivity contribution < 1.29 is 33.5 Å². The second kappa shape index (κ2) is 12.2. The molecule has 0 atom stereocenters. The lowest BCUT2D eigenvalue weighted by atomic mass is 10.1. The number of para-hydroxylation sites is 2. The van der Waals surface area contributed by atoms with Gasteiger partial charge in [0.15, 0.2) is 23.0 Å². The summed E-state index contributed by atoms with van der Waals surface area (Å²) in [6, 6.07) is 18.3. The van der Waals surface area contributed by atoms with E-state index < -0.39 is 10.8 Å². The number of hydrogen-bond donors (Lipinski definition) is 0. The van der Waals surface area contributed by atoms with Gasteiger partial charge < -0.3 is 18.9 Å². The summed E-state index contributed by atoms with van der Waals surface area (Å²) in [4.78, 5) is 37.2. The van der Waals surface area contributed by atoms with Crippen molar-refractivity contribution >= 4 is 34.7 Å². The van der Waals surface area contributed by atoms with E-state index in [1.165, 1.54) is 26.4 Å². The number of nitrogens with zero attached hydrogens (tertiary/aromatic N) is 2. The van der Waals surface area contributed by atoms with Crippen LogP contribution in [0.3, 0.4) is 0 Å². The van der Waals surface area contributed by atoms with Crippen molar-refractivity contribution in [2.75, 3.05) is 27.4 Å². The average molecular weight is 537 g/mol. The molecule has 1 aliphatic heterocycles. The Morgan fingerprint density at radius 3 is 2.26 bits per heavy atom. The maximum absolute atomic E-state index is 12.9. The molecule has 196 valence electrons. The van der Waals surface area contributed by atoms with Crippen LogP contribution in [0.5, 0.6) is 23.0 Å². The molecule has 2 amide bonds. The van der Waals surface area contributed by atoms with Crippen molar-refractivity contribution in [3.05, 3.63) is 92.9 Å². The minimum absolute atomic E-state index is 0.00590. The molecule has 0 bridgehead atoms. The Morgan fingerprint density at radius 2 is 1.58 bits per heavy atom. The molecular weight excluding hydrogens is 512 g/mol. The molecule has 0 spiro atoms. The monoisotopic (exact) mass is 536 g/mol. The Balaban J connectivity index is 1.42. The highest BCUT2D eigenvalue weighted by molar-refractivity contribution is 8.18. The molecule has 3 aromatic carbocycles. The average Bonchev–Trinajstić information content (AvgIpc) is 3.19. The lowest BCUT2D eigenvalue weighted by molar-refractivity contribution is -0.384. The number of thioether (sulfide) groups is 1. The molecule has 0 saturated carbocycles. The second-order valence-corrected chi connectivity index (χ2v) is 8.95. The molecule has 1 saturated heterocycles. The standard InChI is InChI=1S/C27H24N2O8S/c1-34-21-5-3-4-6-23(21)36-14-13-28-26(30)25(38-27(28)31)16-19-9-12-22(35-2)24(15-19)37-17-18-7-10-20(11-8-18)29(32)33/h3-12,15-16H,13-14,17H2,1-2H3/b25-16-. The van der Waals surface area contributed by atoms with Crippen molar-refractivity contribution in [2.45, 2.75) is 6.61 Å². The van der Waals surface area contributed by atoms with E-state index in [9.17, 15) is 19.7 Å². The Morgan fingerprint density at radius 1 is 0.895 bits per heavy atom. The normalized spacial score (nSPS) is 14.1. The van der Waals surface area contributed by atoms with Crippen LogP contribution in [-0.2, 0) is 11.4 Å². The first kappa shape index (κ1) is 26.6. The summed E-state index contributed by atoms with van der Waals surface area (Å²) in [5, 5.41) is 10.5. The summed E-state index contributed by atoms with van der Waals surface area (Å²) in [5.74, 6) is 1.58. The van der Waals surface area contributed by atoms with Crippen LogP contribution >= 0.6 is 11.8 Å². The van der Waals surface area contributed by atoms with E-state index in [0.717, 1.165) is 22.2 Å². The number of benzene rings is 3. The Bertz CT molecular complexity index is 1370. The van der Waals surface area contributed by atoms with Gasteiger partial charge in [-0.1, -0.05) is 18.2 Å². The van der Waals surface area contributed by atoms with Gasteiger partial charge in [-0.3, -0.25) is 24.6 Å². The third-order valence-electron chi connectivity index (χ3n) is 5.54. The van der Waals surface area contributed by atoms with Gasteiger partial charge in [-0.2, -0.15) is 0 Å². The first-order valence-electron chi connectivity index (χ1n) is 11.4. The zero-order valence-electron chi connectivity index (χ0n) is 20.6. The van der Waals surface area contributed by atoms with E-state index in [-0.39, 0.29) is 35.6 Å². The zero-order valence-corrected chi connectivity index (χ0v) is 21.4. The number of ether oxygens (including phenoxy) is 4. The predicted molar refractivity (Wildman–Crippen MR) is 142 cm³/mol. The summed E-state index contributed by atoms with van der Waals surface area (Å²) in [7, 11) is 3.04. The first-order chi connectivity index (χ1) is 18.4. The summed E-state index contributed by atoms with van der Waals surface area (Å²) in [6.45, 7) is 0.363. The van der Waals surface area contributed by atoms with Gasteiger partial charge in [0.25, 0.3) is 16.8 Å². The zero-order chi connectivity index (χ0) is 27.1. The topological polar surface area (TPSA) is 117 Å². The van der Waals surface area contributed by atoms with Crippen molar-refractivity contribution in [1.29, 1.82) is 0 Å². The number of imide groups is 1. The largest absolute Gasteiger partial charge is 0.493 e. The van der Waals surface area contributed by atoms with Crippen LogP contribution in [-0.4, -0.2) is 48.3 Å². The van der Waals surface area contributed by atoms with Crippen LogP contribution in [0, 0.1) is 10.1 Å². The van der Waals surface area contributed by atoms with Crippen LogP contribution in [0.25, 0.3) is 6.08 Å². The van der Waals surface area contributed by atoms with Gasteiger partial charge in [-0.25, -0.2) is 0 Å². The van der Waals surface area contributed by atoms with Crippen molar-refractivity contribution in [2.24, 2.45) is 0 Å². The lowest BCUT2D eigenvalue weighted by Crippen LogP contribution is -2.32. The fourth-order valence-corrected chi connectivity index (χ4v) is 4.46. The number of methoxy groups -OCH3 is 2. The molecule has 3 aromatic rings. The van der Waals surface area contributed by atoms with E-state index in [4.69, 9.17) is 18.9 Å². The molecule has 0 unspecified atom stereocenters. The molecule has 0 N–H and O–H groups in total. The number of carbonyl (C=O) groups is 2. The van der Waals surface area contributed by atoms with Gasteiger partial charge >= 0.3 is 0 Å². The van der Waals surface area contributed by atoms with Crippen LogP contribution in [0.4, 0.5) is 10.5 Å². The van der Waals surface area contributed by atoms with E-state index in [2.05, 4.69) is 0 Å². The molecule has 11 heteroatoms. The molecule has 0 radical (unpaired) electrons. The minimum atomic E-state index is -0.466. The summed E-state index contributed by atoms with van der Waals surface area (Å²) in [6.07, 6.45) is 1.62. The SMILES string of the molecule is COc1ccccc1OCCN1C(=O)S/C(=C\c2ccc(OC)c(OCc3ccc([N+](=O)[O-])cc3)c2)C1=O. The molecule has 0 aliphatic carbocycles. The maximum atomic E-state index is 12.9. The van der Waals surface area contributed by atoms with Crippen molar-refractivity contribution in [3.63, 3.8) is 0 Å². The number of rotatable bonds is 11. The van der Waals surface area contributed by atoms with E-state index in [1.807, 2.05) is 6.07 Å². The summed E-state index contributed by atoms with van der Waals surface area (Å²) in [5.41, 5.74) is 1.37. The van der Waals surface area contributed by atoms with Gasteiger partial charge in [0, 0.05) is 12.1 Å². The molecule has 4 rings (SSSR count). The second-order valence-electron chi connectivity index (χ2n) is 7.96. The maximum Gasteiger partial charge on any atom is 0.293 e. The fourth-order valence-electron chi connectivity index (χ4n) is 3.60. The molecule has 38 heavy (non-hydrogen) atoms. The summed E-state index contributed by atoms with van der Waals surface area (Å²) >= 11 is 0.851. The third-order valence-corrected chi connectivity index (χ3v) is 6.45. The third kappa shape index (κ3) is 6.24. The molecule has 1 heterocycles. The number of amides is 2. The van der Waals surface area contributed by atoms with Crippen LogP contribution in [0.1, 0.15) is 11.1 Å². The smallest absolute Gasteiger partial charge is 0.293 e. The Labute approximate surface area is 222 Å². The quantitative estimate of drug-likeness (QED) is 0.183. The highest BCUT2D eigenvalue weighted by Gasteiger charge is 2.34. The fraction of sp³-hybridized carbons (Fsp3) is 0.185. The number of carbonyl (C=O) groups excluding carboxylic acids is 2. The molecule has 10 nitrogen and oxygen atoms in total.